The Kier molecular flexibility index (Phi) is 13.8. The Labute approximate surface area is 332 Å². The Balaban J connectivity index is 0.917. The number of benzene rings is 2. The van der Waals surface area contributed by atoms with Crippen molar-refractivity contribution in [3.63, 3.8) is 0 Å². The van der Waals surface area contributed by atoms with Crippen LogP contribution in [0.1, 0.15) is 65.5 Å². The number of fused-ring (bicyclic) bond motifs is 1. The summed E-state index contributed by atoms with van der Waals surface area (Å²) in [6, 6.07) is 16.9. The quantitative estimate of drug-likeness (QED) is 0.0357. The first-order chi connectivity index (χ1) is 26.1. The zero-order valence-electron chi connectivity index (χ0n) is 30.3. The van der Waals surface area contributed by atoms with Crippen molar-refractivity contribution < 1.29 is 34.3 Å². The van der Waals surface area contributed by atoms with Crippen molar-refractivity contribution >= 4 is 65.8 Å². The van der Waals surface area contributed by atoms with Crippen LogP contribution < -0.4 is 20.3 Å². The Hall–Kier alpha value is -3.35. The fourth-order valence-electron chi connectivity index (χ4n) is 6.98. The number of carbonyl (C=O) groups is 1. The number of aromatic nitrogens is 1. The molecule has 1 saturated carbocycles. The van der Waals surface area contributed by atoms with Gasteiger partial charge in [0, 0.05) is 11.5 Å². The van der Waals surface area contributed by atoms with Crippen LogP contribution in [0, 0.1) is 0 Å². The van der Waals surface area contributed by atoms with Gasteiger partial charge in [-0.05, 0) is 17.7 Å². The Bertz CT molecular complexity index is 2020. The van der Waals surface area contributed by atoms with Gasteiger partial charge < -0.3 is 15.2 Å². The van der Waals surface area contributed by atoms with Crippen molar-refractivity contribution in [1.82, 2.24) is 10.3 Å². The topological polar surface area (TPSA) is 150 Å². The molecule has 54 heavy (non-hydrogen) atoms. The molecule has 1 aliphatic carbocycles. The predicted molar refractivity (Wildman–Crippen MR) is 216 cm³/mol. The molecule has 0 spiro atoms. The third kappa shape index (κ3) is 9.36. The fourth-order valence-corrected chi connectivity index (χ4v) is 13.7. The number of methoxy groups -OCH3 is 1. The number of thiophene rings is 2. The van der Waals surface area contributed by atoms with E-state index in [9.17, 15) is 24.9 Å². The van der Waals surface area contributed by atoms with Gasteiger partial charge in [0.05, 0.1) is 11.6 Å². The van der Waals surface area contributed by atoms with Crippen LogP contribution in [0.25, 0.3) is 10.9 Å². The molecule has 14 heteroatoms. The summed E-state index contributed by atoms with van der Waals surface area (Å²) in [6.07, 6.45) is 4.67. The molecule has 2 aromatic carbocycles. The zero-order valence-corrected chi connectivity index (χ0v) is 34.5. The van der Waals surface area contributed by atoms with E-state index in [1.54, 1.807) is 37.4 Å². The van der Waals surface area contributed by atoms with Crippen LogP contribution in [0.3, 0.4) is 0 Å². The summed E-state index contributed by atoms with van der Waals surface area (Å²) in [5.41, 5.74) is 2.03. The number of phenolic OH excluding ortho intramolecular Hbond substituents is 1. The van der Waals surface area contributed by atoms with Crippen molar-refractivity contribution in [3.8, 4) is 17.2 Å². The zero-order chi connectivity index (χ0) is 38.2. The summed E-state index contributed by atoms with van der Waals surface area (Å²) >= 11 is 8.26. The maximum absolute atomic E-state index is 13.4. The smallest absolute Gasteiger partial charge is 0.506 e. The number of phenols is 1. The van der Waals surface area contributed by atoms with Gasteiger partial charge in [-0.1, -0.05) is 6.07 Å². The molecule has 0 aliphatic heterocycles. The standard InChI is InChI=1S/C40H46AsClN2O8S2/c1-41(26-9-11-27(12-10-26)52-39(48)40(49,35-7-5-19-53-35)36-8-6-20-54-36)17-3-4-18-51-34-22-33(50-2)25(21-30(34)42)23-43-24-32(46)28-13-15-31(45)38-29(28)14-16-37(47)44-38/h5-8,13-16,19-22,26-27,32,43,45-46,49H,3-4,9-12,17-18,23-24H2,1-2H3,(H,44,47)/t26?,27?,32-,41?/m0/s1. The van der Waals surface area contributed by atoms with E-state index in [1.165, 1.54) is 40.0 Å². The van der Waals surface area contributed by atoms with E-state index >= 15 is 0 Å². The molecule has 5 aromatic rings. The Morgan fingerprint density at radius 2 is 1.76 bits per heavy atom. The number of halogens is 1. The second-order valence-corrected chi connectivity index (χ2v) is 21.5. The average molecular weight is 857 g/mol. The number of carbonyl (C=O) groups excluding carboxylic acids is 1. The van der Waals surface area contributed by atoms with Crippen molar-refractivity contribution in [3.05, 3.63) is 108 Å². The molecule has 1 unspecified atom stereocenters. The van der Waals surface area contributed by atoms with E-state index < -0.39 is 32.3 Å². The molecule has 0 radical (unpaired) electrons. The van der Waals surface area contributed by atoms with Gasteiger partial charge in [-0.25, -0.2) is 0 Å². The number of H-pyrrole nitrogens is 1. The van der Waals surface area contributed by atoms with Gasteiger partial charge in [0.25, 0.3) is 0 Å². The van der Waals surface area contributed by atoms with E-state index in [4.69, 9.17) is 25.8 Å². The molecule has 0 amide bonds. The third-order valence-corrected chi connectivity index (χ3v) is 18.1. The number of esters is 1. The van der Waals surface area contributed by atoms with E-state index in [-0.39, 0.29) is 29.5 Å². The molecule has 0 saturated heterocycles. The summed E-state index contributed by atoms with van der Waals surface area (Å²) in [5, 5.41) is 41.9. The summed E-state index contributed by atoms with van der Waals surface area (Å²) in [7, 11) is 1.59. The Morgan fingerprint density at radius 3 is 2.43 bits per heavy atom. The van der Waals surface area contributed by atoms with Crippen LogP contribution in [-0.4, -0.2) is 67.3 Å². The molecule has 2 atom stereocenters. The van der Waals surface area contributed by atoms with Crippen molar-refractivity contribution in [2.75, 3.05) is 20.3 Å². The summed E-state index contributed by atoms with van der Waals surface area (Å²) < 4.78 is 18.4. The number of hydrogen-bond acceptors (Lipinski definition) is 11. The number of ether oxygens (including phenoxy) is 3. The first-order valence-electron chi connectivity index (χ1n) is 18.0. The number of rotatable bonds is 17. The van der Waals surface area contributed by atoms with Crippen LogP contribution in [-0.2, 0) is 21.7 Å². The SMILES string of the molecule is COc1cc(OCCCC[As](C)C2CCC(OC(=O)C(O)(c3cccs3)c3cccs3)CC2)c(Cl)cc1CNC[C@H](O)c1ccc(O)c2[nH]c(=O)ccc12. The van der Waals surface area contributed by atoms with E-state index in [2.05, 4.69) is 16.0 Å². The molecule has 10 nitrogen and oxygen atoms in total. The predicted octanol–water partition coefficient (Wildman–Crippen LogP) is 7.92. The van der Waals surface area contributed by atoms with Crippen LogP contribution >= 0.6 is 34.3 Å². The van der Waals surface area contributed by atoms with Gasteiger partial charge in [-0.3, -0.25) is 4.79 Å². The van der Waals surface area contributed by atoms with Gasteiger partial charge in [0.1, 0.15) is 5.75 Å². The summed E-state index contributed by atoms with van der Waals surface area (Å²) in [6.45, 7) is 1.14. The fraction of sp³-hybridized carbons (Fsp3) is 0.400. The number of aliphatic hydroxyl groups is 2. The second kappa shape index (κ2) is 18.5. The summed E-state index contributed by atoms with van der Waals surface area (Å²) in [4.78, 5) is 28.9. The minimum absolute atomic E-state index is 0.0582. The molecule has 288 valence electrons. The number of pyridine rings is 1. The number of aliphatic hydroxyl groups excluding tert-OH is 1. The van der Waals surface area contributed by atoms with Gasteiger partial charge in [-0.2, -0.15) is 0 Å². The first kappa shape index (κ1) is 40.3. The Morgan fingerprint density at radius 1 is 1.04 bits per heavy atom. The number of aromatic hydroxyl groups is 1. The van der Waals surface area contributed by atoms with Gasteiger partial charge >= 0.3 is 256 Å². The normalized spacial score (nSPS) is 17.3. The van der Waals surface area contributed by atoms with Gasteiger partial charge in [-0.15, -0.1) is 0 Å². The van der Waals surface area contributed by atoms with Gasteiger partial charge in [0.15, 0.2) is 0 Å². The second-order valence-electron chi connectivity index (χ2n) is 13.6. The maximum atomic E-state index is 13.4. The minimum Gasteiger partial charge on any atom is -0.506 e. The number of unbranched alkanes of at least 4 members (excludes halogenated alkanes) is 1. The van der Waals surface area contributed by atoms with E-state index in [1.807, 2.05) is 29.0 Å². The molecule has 6 rings (SSSR count). The monoisotopic (exact) mass is 856 g/mol. The van der Waals surface area contributed by atoms with E-state index in [0.717, 1.165) is 44.1 Å². The number of hydrogen-bond donors (Lipinski definition) is 5. The van der Waals surface area contributed by atoms with Crippen molar-refractivity contribution in [1.29, 1.82) is 0 Å². The third-order valence-electron chi connectivity index (χ3n) is 10.0. The van der Waals surface area contributed by atoms with Crippen molar-refractivity contribution in [2.45, 2.75) is 78.5 Å². The molecule has 5 N–H and O–H groups in total. The molecule has 3 aromatic heterocycles. The van der Waals surface area contributed by atoms with Crippen LogP contribution in [0.5, 0.6) is 17.2 Å². The summed E-state index contributed by atoms with van der Waals surface area (Å²) in [5.74, 6) is 0.542. The van der Waals surface area contributed by atoms with E-state index in [0.29, 0.717) is 55.1 Å². The molecular weight excluding hydrogens is 811 g/mol. The van der Waals surface area contributed by atoms with Crippen LogP contribution in [0.2, 0.25) is 20.6 Å². The minimum atomic E-state index is -1.76. The first-order valence-corrected chi connectivity index (χ1v) is 24.5. The molecular formula is C40H46AsClN2O8S2. The molecule has 0 bridgehead atoms. The molecule has 1 aliphatic rings. The van der Waals surface area contributed by atoms with Crippen LogP contribution in [0.4, 0.5) is 0 Å². The number of nitrogens with one attached hydrogen (secondary N) is 2. The molecule has 1 fully saturated rings. The van der Waals surface area contributed by atoms with Crippen molar-refractivity contribution in [2.24, 2.45) is 0 Å². The number of aromatic amines is 1. The van der Waals surface area contributed by atoms with Gasteiger partial charge in [0.2, 0.25) is 5.56 Å². The van der Waals surface area contributed by atoms with Crippen LogP contribution in [0.15, 0.2) is 76.2 Å². The average Bonchev–Trinajstić information content (AvgIpc) is 3.92. The molecule has 3 heterocycles.